The molecule has 0 spiro atoms. The van der Waals surface area contributed by atoms with Gasteiger partial charge in [0.05, 0.1) is 21.2 Å². The first-order chi connectivity index (χ1) is 10.9. The molecule has 1 fully saturated rings. The third-order valence-corrected chi connectivity index (χ3v) is 5.15. The SMILES string of the molecule is CC1CCCCN1C(=O)CN1C(=O)c2cc(Cl)c(Cl)cc2C1=O. The molecule has 5 nitrogen and oxygen atoms in total. The average molecular weight is 355 g/mol. The van der Waals surface area contributed by atoms with Gasteiger partial charge in [0.2, 0.25) is 5.91 Å². The molecule has 122 valence electrons. The van der Waals surface area contributed by atoms with Gasteiger partial charge >= 0.3 is 0 Å². The lowest BCUT2D eigenvalue weighted by Gasteiger charge is -2.34. The van der Waals surface area contributed by atoms with E-state index in [1.165, 1.54) is 12.1 Å². The Kier molecular flexibility index (Phi) is 4.34. The van der Waals surface area contributed by atoms with Crippen molar-refractivity contribution in [3.05, 3.63) is 33.3 Å². The van der Waals surface area contributed by atoms with E-state index in [1.807, 2.05) is 6.92 Å². The minimum atomic E-state index is -0.499. The number of hydrogen-bond donors (Lipinski definition) is 0. The van der Waals surface area contributed by atoms with Gasteiger partial charge in [-0.2, -0.15) is 0 Å². The second kappa shape index (κ2) is 6.13. The van der Waals surface area contributed by atoms with Crippen LogP contribution in [0.25, 0.3) is 0 Å². The maximum Gasteiger partial charge on any atom is 0.262 e. The zero-order valence-electron chi connectivity index (χ0n) is 12.6. The van der Waals surface area contributed by atoms with Crippen molar-refractivity contribution in [1.29, 1.82) is 0 Å². The zero-order chi connectivity index (χ0) is 16.7. The molecular formula is C16H16Cl2N2O3. The van der Waals surface area contributed by atoms with Crippen LogP contribution in [0.1, 0.15) is 46.9 Å². The highest BCUT2D eigenvalue weighted by Crippen LogP contribution is 2.31. The summed E-state index contributed by atoms with van der Waals surface area (Å²) in [7, 11) is 0. The number of amides is 3. The molecule has 0 bridgehead atoms. The van der Waals surface area contributed by atoms with Crippen molar-refractivity contribution < 1.29 is 14.4 Å². The topological polar surface area (TPSA) is 57.7 Å². The summed E-state index contributed by atoms with van der Waals surface area (Å²) in [4.78, 5) is 40.0. The van der Waals surface area contributed by atoms with Crippen LogP contribution in [0.15, 0.2) is 12.1 Å². The highest BCUT2D eigenvalue weighted by Gasteiger charge is 2.38. The summed E-state index contributed by atoms with van der Waals surface area (Å²) in [6.07, 6.45) is 2.98. The van der Waals surface area contributed by atoms with Gasteiger partial charge in [0.15, 0.2) is 0 Å². The molecule has 0 aromatic heterocycles. The molecule has 0 radical (unpaired) electrons. The van der Waals surface area contributed by atoms with Gasteiger partial charge in [-0.25, -0.2) is 0 Å². The molecule has 1 aromatic carbocycles. The molecule has 2 heterocycles. The Morgan fingerprint density at radius 2 is 1.70 bits per heavy atom. The predicted octanol–water partition coefficient (Wildman–Crippen LogP) is 2.99. The molecule has 2 aliphatic rings. The van der Waals surface area contributed by atoms with Crippen LogP contribution < -0.4 is 0 Å². The molecule has 23 heavy (non-hydrogen) atoms. The fourth-order valence-corrected chi connectivity index (χ4v) is 3.45. The number of hydrogen-bond acceptors (Lipinski definition) is 3. The maximum atomic E-state index is 12.5. The summed E-state index contributed by atoms with van der Waals surface area (Å²) in [5, 5.41) is 0.425. The summed E-state index contributed by atoms with van der Waals surface area (Å²) < 4.78 is 0. The van der Waals surface area contributed by atoms with Crippen LogP contribution in [0.4, 0.5) is 0 Å². The first-order valence-electron chi connectivity index (χ1n) is 7.55. The smallest absolute Gasteiger partial charge is 0.262 e. The van der Waals surface area contributed by atoms with E-state index < -0.39 is 11.8 Å². The summed E-state index contributed by atoms with van der Waals surface area (Å²) in [6.45, 7) is 2.41. The van der Waals surface area contributed by atoms with Crippen LogP contribution in [0, 0.1) is 0 Å². The lowest BCUT2D eigenvalue weighted by molar-refractivity contribution is -0.134. The number of nitrogens with zero attached hydrogens (tertiary/aromatic N) is 2. The van der Waals surface area contributed by atoms with Gasteiger partial charge in [-0.15, -0.1) is 0 Å². The zero-order valence-corrected chi connectivity index (χ0v) is 14.2. The second-order valence-corrected chi connectivity index (χ2v) is 6.75. The average Bonchev–Trinajstić information content (AvgIpc) is 2.73. The largest absolute Gasteiger partial charge is 0.338 e. The van der Waals surface area contributed by atoms with Crippen LogP contribution >= 0.6 is 23.2 Å². The Morgan fingerprint density at radius 1 is 1.13 bits per heavy atom. The molecule has 1 aromatic rings. The van der Waals surface area contributed by atoms with E-state index in [9.17, 15) is 14.4 Å². The lowest BCUT2D eigenvalue weighted by Crippen LogP contribution is -2.48. The Labute approximate surface area is 144 Å². The van der Waals surface area contributed by atoms with Crippen LogP contribution in [0.2, 0.25) is 10.0 Å². The summed E-state index contributed by atoms with van der Waals surface area (Å²) in [6, 6.07) is 2.90. The van der Waals surface area contributed by atoms with Gasteiger partial charge in [-0.05, 0) is 38.3 Å². The number of imide groups is 1. The van der Waals surface area contributed by atoms with Crippen molar-refractivity contribution in [3.8, 4) is 0 Å². The first kappa shape index (κ1) is 16.3. The number of fused-ring (bicyclic) bond motifs is 1. The van der Waals surface area contributed by atoms with Crippen molar-refractivity contribution in [1.82, 2.24) is 9.80 Å². The van der Waals surface area contributed by atoms with E-state index in [0.29, 0.717) is 6.54 Å². The number of halogens is 2. The van der Waals surface area contributed by atoms with Gasteiger partial charge in [-0.1, -0.05) is 23.2 Å². The second-order valence-electron chi connectivity index (χ2n) is 5.94. The van der Waals surface area contributed by atoms with Gasteiger partial charge in [-0.3, -0.25) is 19.3 Å². The molecular weight excluding hydrogens is 339 g/mol. The van der Waals surface area contributed by atoms with Crippen LogP contribution in [-0.4, -0.2) is 46.7 Å². The van der Waals surface area contributed by atoms with Crippen LogP contribution in [0.3, 0.4) is 0 Å². The van der Waals surface area contributed by atoms with Crippen molar-refractivity contribution in [2.45, 2.75) is 32.2 Å². The van der Waals surface area contributed by atoms with E-state index in [4.69, 9.17) is 23.2 Å². The summed E-state index contributed by atoms with van der Waals surface area (Å²) in [5.41, 5.74) is 0.396. The number of likely N-dealkylation sites (tertiary alicyclic amines) is 1. The molecule has 7 heteroatoms. The predicted molar refractivity (Wildman–Crippen MR) is 86.9 cm³/mol. The molecule has 3 amide bonds. The fourth-order valence-electron chi connectivity index (χ4n) is 3.12. The van der Waals surface area contributed by atoms with Crippen LogP contribution in [-0.2, 0) is 4.79 Å². The van der Waals surface area contributed by atoms with Crippen molar-refractivity contribution in [2.24, 2.45) is 0 Å². The van der Waals surface area contributed by atoms with Crippen molar-refractivity contribution >= 4 is 40.9 Å². The number of carbonyl (C=O) groups is 3. The van der Waals surface area contributed by atoms with Gasteiger partial charge < -0.3 is 4.90 Å². The minimum absolute atomic E-state index is 0.135. The third-order valence-electron chi connectivity index (χ3n) is 4.43. The van der Waals surface area contributed by atoms with Crippen molar-refractivity contribution in [3.63, 3.8) is 0 Å². The standard InChI is InChI=1S/C16H16Cl2N2O3/c1-9-4-2-3-5-19(9)14(21)8-20-15(22)10-6-12(17)13(18)7-11(10)16(20)23/h6-7,9H,2-5,8H2,1H3. The molecule has 3 rings (SSSR count). The van der Waals surface area contributed by atoms with Gasteiger partial charge in [0.25, 0.3) is 11.8 Å². The Bertz CT molecular complexity index is 664. The van der Waals surface area contributed by atoms with Crippen LogP contribution in [0.5, 0.6) is 0 Å². The molecule has 0 aliphatic carbocycles. The molecule has 0 saturated carbocycles. The molecule has 2 aliphatic heterocycles. The van der Waals surface area contributed by atoms with Gasteiger partial charge in [0.1, 0.15) is 6.54 Å². The van der Waals surface area contributed by atoms with E-state index >= 15 is 0 Å². The van der Waals surface area contributed by atoms with E-state index in [2.05, 4.69) is 0 Å². The summed E-state index contributed by atoms with van der Waals surface area (Å²) >= 11 is 11.8. The molecule has 1 atom stereocenters. The normalized spacial score (nSPS) is 20.9. The van der Waals surface area contributed by atoms with Crippen molar-refractivity contribution in [2.75, 3.05) is 13.1 Å². The highest BCUT2D eigenvalue weighted by atomic mass is 35.5. The Hall–Kier alpha value is -1.59. The van der Waals surface area contributed by atoms with E-state index in [0.717, 1.165) is 24.2 Å². The maximum absolute atomic E-state index is 12.5. The van der Waals surface area contributed by atoms with Gasteiger partial charge in [0, 0.05) is 12.6 Å². The number of rotatable bonds is 2. The molecule has 1 unspecified atom stereocenters. The van der Waals surface area contributed by atoms with E-state index in [1.54, 1.807) is 4.90 Å². The highest BCUT2D eigenvalue weighted by molar-refractivity contribution is 6.43. The lowest BCUT2D eigenvalue weighted by atomic mass is 10.0. The molecule has 0 N–H and O–H groups in total. The minimum Gasteiger partial charge on any atom is -0.338 e. The number of carbonyl (C=O) groups excluding carboxylic acids is 3. The number of piperidine rings is 1. The monoisotopic (exact) mass is 354 g/mol. The summed E-state index contributed by atoms with van der Waals surface area (Å²) in [5.74, 6) is -1.20. The quantitative estimate of drug-likeness (QED) is 0.767. The van der Waals surface area contributed by atoms with E-state index in [-0.39, 0.29) is 39.7 Å². The Morgan fingerprint density at radius 3 is 2.22 bits per heavy atom. The third kappa shape index (κ3) is 2.83. The number of benzene rings is 1. The molecule has 1 saturated heterocycles. The Balaban J connectivity index is 1.81. The first-order valence-corrected chi connectivity index (χ1v) is 8.30. The fraction of sp³-hybridized carbons (Fsp3) is 0.438.